The molecule has 0 spiro atoms. The van der Waals surface area contributed by atoms with E-state index in [1.165, 1.54) is 23.3 Å². The number of benzene rings is 2. The van der Waals surface area contributed by atoms with Crippen molar-refractivity contribution in [3.05, 3.63) is 59.1 Å². The minimum absolute atomic E-state index is 0.0608. The van der Waals surface area contributed by atoms with Crippen molar-refractivity contribution in [1.29, 1.82) is 0 Å². The van der Waals surface area contributed by atoms with Gasteiger partial charge in [0.2, 0.25) is 5.91 Å². The molecule has 4 nitrogen and oxygen atoms in total. The number of aromatic nitrogens is 2. The van der Waals surface area contributed by atoms with Gasteiger partial charge in [0.05, 0.1) is 11.4 Å². The maximum absolute atomic E-state index is 12.1. The zero-order valence-corrected chi connectivity index (χ0v) is 15.1. The third kappa shape index (κ3) is 4.19. The van der Waals surface area contributed by atoms with Crippen molar-refractivity contribution in [2.75, 3.05) is 11.1 Å². The van der Waals surface area contributed by atoms with Gasteiger partial charge in [0, 0.05) is 10.0 Å². The first kappa shape index (κ1) is 16.2. The first-order chi connectivity index (χ1) is 11.2. The number of para-hydroxylation sites is 1. The van der Waals surface area contributed by atoms with Crippen LogP contribution in [0.25, 0.3) is 11.3 Å². The summed E-state index contributed by atoms with van der Waals surface area (Å²) in [5, 5.41) is 7.06. The predicted octanol–water partition coefficient (Wildman–Crippen LogP) is 4.70. The van der Waals surface area contributed by atoms with E-state index in [4.69, 9.17) is 0 Å². The molecule has 1 heterocycles. The summed E-state index contributed by atoms with van der Waals surface area (Å²) in [6.07, 6.45) is 0. The molecular formula is C16H12BrN3OS2. The number of nitrogens with one attached hydrogen (secondary N) is 1. The average molecular weight is 406 g/mol. The highest BCUT2D eigenvalue weighted by Crippen LogP contribution is 2.32. The fourth-order valence-corrected chi connectivity index (χ4v) is 3.87. The van der Waals surface area contributed by atoms with Crippen LogP contribution in [0, 0.1) is 0 Å². The number of hydrogen-bond donors (Lipinski definition) is 1. The van der Waals surface area contributed by atoms with Gasteiger partial charge in [0.15, 0.2) is 0 Å². The Morgan fingerprint density at radius 2 is 1.87 bits per heavy atom. The highest BCUT2D eigenvalue weighted by atomic mass is 79.9. The Hall–Kier alpha value is -1.70. The van der Waals surface area contributed by atoms with Crippen LogP contribution in [-0.2, 0) is 4.79 Å². The zero-order valence-electron chi connectivity index (χ0n) is 11.9. The lowest BCUT2D eigenvalue weighted by molar-refractivity contribution is -0.113. The molecule has 2 aromatic carbocycles. The Morgan fingerprint density at radius 3 is 2.65 bits per heavy atom. The number of hydrogen-bond acceptors (Lipinski definition) is 5. The highest BCUT2D eigenvalue weighted by Gasteiger charge is 2.13. The average Bonchev–Trinajstić information content (AvgIpc) is 3.04. The molecule has 0 fully saturated rings. The van der Waals surface area contributed by atoms with Crippen molar-refractivity contribution in [2.45, 2.75) is 4.21 Å². The molecule has 7 heteroatoms. The maximum Gasteiger partial charge on any atom is 0.234 e. The molecule has 23 heavy (non-hydrogen) atoms. The SMILES string of the molecule is O=C(CSc1snnc1-c1ccccc1)Nc1ccccc1Br. The minimum Gasteiger partial charge on any atom is -0.324 e. The van der Waals surface area contributed by atoms with Gasteiger partial charge in [0.1, 0.15) is 9.90 Å². The van der Waals surface area contributed by atoms with Gasteiger partial charge in [-0.1, -0.05) is 47.0 Å². The van der Waals surface area contributed by atoms with Crippen molar-refractivity contribution in [3.63, 3.8) is 0 Å². The number of carbonyl (C=O) groups is 1. The molecule has 3 aromatic rings. The molecule has 0 aliphatic heterocycles. The lowest BCUT2D eigenvalue weighted by Crippen LogP contribution is -2.14. The molecule has 0 aliphatic carbocycles. The summed E-state index contributed by atoms with van der Waals surface area (Å²) in [7, 11) is 0. The molecule has 0 aliphatic rings. The number of halogens is 1. The number of carbonyl (C=O) groups excluding carboxylic acids is 1. The number of anilines is 1. The van der Waals surface area contributed by atoms with Crippen LogP contribution in [0.4, 0.5) is 5.69 Å². The van der Waals surface area contributed by atoms with Crippen LogP contribution in [0.15, 0.2) is 63.3 Å². The Balaban J connectivity index is 1.64. The topological polar surface area (TPSA) is 54.9 Å². The molecule has 1 N–H and O–H groups in total. The maximum atomic E-state index is 12.1. The summed E-state index contributed by atoms with van der Waals surface area (Å²) in [6, 6.07) is 17.4. The molecule has 3 rings (SSSR count). The summed E-state index contributed by atoms with van der Waals surface area (Å²) in [6.45, 7) is 0. The second-order valence-electron chi connectivity index (χ2n) is 4.59. The normalized spacial score (nSPS) is 10.5. The van der Waals surface area contributed by atoms with Gasteiger partial charge in [-0.05, 0) is 39.6 Å². The molecule has 0 saturated carbocycles. The van der Waals surface area contributed by atoms with Crippen LogP contribution in [0.3, 0.4) is 0 Å². The van der Waals surface area contributed by atoms with E-state index in [9.17, 15) is 4.79 Å². The monoisotopic (exact) mass is 405 g/mol. The van der Waals surface area contributed by atoms with E-state index in [-0.39, 0.29) is 5.91 Å². The van der Waals surface area contributed by atoms with Crippen molar-refractivity contribution in [1.82, 2.24) is 9.59 Å². The van der Waals surface area contributed by atoms with Crippen molar-refractivity contribution >= 4 is 50.8 Å². The molecule has 0 radical (unpaired) electrons. The van der Waals surface area contributed by atoms with E-state index in [0.29, 0.717) is 5.75 Å². The summed E-state index contributed by atoms with van der Waals surface area (Å²) in [5.41, 5.74) is 2.60. The van der Waals surface area contributed by atoms with Crippen molar-refractivity contribution in [3.8, 4) is 11.3 Å². The smallest absolute Gasteiger partial charge is 0.234 e. The third-order valence-electron chi connectivity index (χ3n) is 2.99. The minimum atomic E-state index is -0.0608. The highest BCUT2D eigenvalue weighted by molar-refractivity contribution is 9.10. The Morgan fingerprint density at radius 1 is 1.13 bits per heavy atom. The molecular weight excluding hydrogens is 394 g/mol. The van der Waals surface area contributed by atoms with E-state index in [1.807, 2.05) is 54.6 Å². The van der Waals surface area contributed by atoms with Gasteiger partial charge in [-0.15, -0.1) is 16.9 Å². The quantitative estimate of drug-likeness (QED) is 0.625. The van der Waals surface area contributed by atoms with Crippen LogP contribution < -0.4 is 5.32 Å². The largest absolute Gasteiger partial charge is 0.324 e. The molecule has 0 saturated heterocycles. The van der Waals surface area contributed by atoms with Gasteiger partial charge in [-0.25, -0.2) is 0 Å². The van der Waals surface area contributed by atoms with E-state index in [0.717, 1.165) is 25.6 Å². The van der Waals surface area contributed by atoms with E-state index >= 15 is 0 Å². The van der Waals surface area contributed by atoms with Crippen LogP contribution >= 0.6 is 39.2 Å². The van der Waals surface area contributed by atoms with Gasteiger partial charge < -0.3 is 5.32 Å². The van der Waals surface area contributed by atoms with E-state index in [1.54, 1.807) is 0 Å². The first-order valence-electron chi connectivity index (χ1n) is 6.79. The number of thioether (sulfide) groups is 1. The number of amides is 1. The number of nitrogens with zero attached hydrogens (tertiary/aromatic N) is 2. The van der Waals surface area contributed by atoms with Crippen LogP contribution in [0.5, 0.6) is 0 Å². The van der Waals surface area contributed by atoms with E-state index < -0.39 is 0 Å². The second kappa shape index (κ2) is 7.72. The third-order valence-corrected chi connectivity index (χ3v) is 5.64. The molecule has 0 bridgehead atoms. The lowest BCUT2D eigenvalue weighted by Gasteiger charge is -2.06. The summed E-state index contributed by atoms with van der Waals surface area (Å²) in [5.74, 6) is 0.250. The molecule has 0 atom stereocenters. The molecule has 1 aromatic heterocycles. The summed E-state index contributed by atoms with van der Waals surface area (Å²) >= 11 is 6.17. The van der Waals surface area contributed by atoms with E-state index in [2.05, 4.69) is 30.8 Å². The zero-order chi connectivity index (χ0) is 16.1. The molecule has 1 amide bonds. The lowest BCUT2D eigenvalue weighted by atomic mass is 10.2. The van der Waals surface area contributed by atoms with Crippen LogP contribution in [0.1, 0.15) is 0 Å². The van der Waals surface area contributed by atoms with Crippen LogP contribution in [-0.4, -0.2) is 21.2 Å². The fraction of sp³-hybridized carbons (Fsp3) is 0.0625. The first-order valence-corrected chi connectivity index (χ1v) is 9.34. The Kier molecular flexibility index (Phi) is 5.43. The van der Waals surface area contributed by atoms with Crippen molar-refractivity contribution in [2.24, 2.45) is 0 Å². The summed E-state index contributed by atoms with van der Waals surface area (Å²) in [4.78, 5) is 12.1. The predicted molar refractivity (Wildman–Crippen MR) is 98.8 cm³/mol. The Bertz CT molecular complexity index is 808. The van der Waals surface area contributed by atoms with Crippen LogP contribution in [0.2, 0.25) is 0 Å². The van der Waals surface area contributed by atoms with Gasteiger partial charge in [-0.2, -0.15) is 0 Å². The standard InChI is InChI=1S/C16H12BrN3OS2/c17-12-8-4-5-9-13(12)18-14(21)10-22-16-15(19-20-23-16)11-6-2-1-3-7-11/h1-9H,10H2,(H,18,21). The molecule has 0 unspecified atom stereocenters. The fourth-order valence-electron chi connectivity index (χ4n) is 1.93. The van der Waals surface area contributed by atoms with Gasteiger partial charge in [-0.3, -0.25) is 4.79 Å². The van der Waals surface area contributed by atoms with Gasteiger partial charge >= 0.3 is 0 Å². The summed E-state index contributed by atoms with van der Waals surface area (Å²) < 4.78 is 5.81. The van der Waals surface area contributed by atoms with Crippen molar-refractivity contribution < 1.29 is 4.79 Å². The van der Waals surface area contributed by atoms with Gasteiger partial charge in [0.25, 0.3) is 0 Å². The Labute approximate surface area is 150 Å². The second-order valence-corrected chi connectivity index (χ2v) is 7.44. The molecule has 116 valence electrons. The number of rotatable bonds is 5.